The summed E-state index contributed by atoms with van der Waals surface area (Å²) in [6, 6.07) is 153. The average molecular weight is 1280 g/mol. The minimum atomic E-state index is 1.07. The van der Waals surface area contributed by atoms with Gasteiger partial charge in [-0.1, -0.05) is 279 Å². The third kappa shape index (κ3) is 13.4. The standard InChI is InChI=1S/C96H70N4/c1-7-23-71(24-8-1)81-31-19-39-93(67-81)99(94-40-20-32-82(68-94)72-25-9-2-10-26-72)91-63-51-79(52-64-91)77-47-59-89(60-48-77)97(85-35-15-5-16-36-85)87-55-43-75(44-56-87)76-45-57-88(58-46-76)98(86-37-17-6-18-38-86)90-61-49-78(50-62-90)80-53-65-92(66-54-80)100(95-41-21-33-83(69-95)73-27-11-3-12-28-73)96-42-22-34-84(70-96)74-29-13-4-14-30-74/h1-70H. The van der Waals surface area contributed by atoms with Crippen LogP contribution in [0.1, 0.15) is 0 Å². The van der Waals surface area contributed by atoms with Gasteiger partial charge in [-0.05, 0) is 223 Å². The van der Waals surface area contributed by atoms with E-state index in [1.165, 1.54) is 44.5 Å². The lowest BCUT2D eigenvalue weighted by atomic mass is 10.0. The van der Waals surface area contributed by atoms with Crippen LogP contribution >= 0.6 is 0 Å². The van der Waals surface area contributed by atoms with Crippen molar-refractivity contribution in [2.45, 2.75) is 0 Å². The largest absolute Gasteiger partial charge is 0.311 e. The topological polar surface area (TPSA) is 13.0 Å². The molecule has 0 N–H and O–H groups in total. The highest BCUT2D eigenvalue weighted by Gasteiger charge is 2.20. The van der Waals surface area contributed by atoms with Gasteiger partial charge in [-0.25, -0.2) is 0 Å². The smallest absolute Gasteiger partial charge is 0.0467 e. The van der Waals surface area contributed by atoms with Crippen LogP contribution in [0.2, 0.25) is 0 Å². The van der Waals surface area contributed by atoms with Crippen molar-refractivity contribution in [2.75, 3.05) is 19.6 Å². The van der Waals surface area contributed by atoms with E-state index >= 15 is 0 Å². The fourth-order valence-corrected chi connectivity index (χ4v) is 13.6. The van der Waals surface area contributed by atoms with Crippen molar-refractivity contribution in [1.82, 2.24) is 0 Å². The highest BCUT2D eigenvalue weighted by molar-refractivity contribution is 5.88. The summed E-state index contributed by atoms with van der Waals surface area (Å²) in [5, 5.41) is 0. The van der Waals surface area contributed by atoms with Crippen LogP contribution in [-0.2, 0) is 0 Å². The third-order valence-corrected chi connectivity index (χ3v) is 18.6. The first-order valence-corrected chi connectivity index (χ1v) is 34.1. The molecule has 0 saturated heterocycles. The number of para-hydroxylation sites is 2. The van der Waals surface area contributed by atoms with Crippen LogP contribution in [0.4, 0.5) is 68.2 Å². The van der Waals surface area contributed by atoms with Crippen molar-refractivity contribution in [2.24, 2.45) is 0 Å². The highest BCUT2D eigenvalue weighted by Crippen LogP contribution is 2.44. The Hall–Kier alpha value is -13.3. The molecule has 0 fully saturated rings. The van der Waals surface area contributed by atoms with Gasteiger partial charge in [-0.15, -0.1) is 0 Å². The Kier molecular flexibility index (Phi) is 17.6. The monoisotopic (exact) mass is 1280 g/mol. The summed E-state index contributed by atoms with van der Waals surface area (Å²) in [4.78, 5) is 9.38. The molecule has 0 aliphatic carbocycles. The van der Waals surface area contributed by atoms with E-state index in [2.05, 4.69) is 444 Å². The van der Waals surface area contributed by atoms with Crippen molar-refractivity contribution in [1.29, 1.82) is 0 Å². The Morgan fingerprint density at radius 1 is 0.0900 bits per heavy atom. The number of anilines is 12. The quantitative estimate of drug-likeness (QED) is 0.0800. The van der Waals surface area contributed by atoms with Gasteiger partial charge in [0.05, 0.1) is 0 Å². The zero-order chi connectivity index (χ0) is 66.8. The molecule has 16 aromatic rings. The highest BCUT2D eigenvalue weighted by atomic mass is 15.2. The Morgan fingerprint density at radius 2 is 0.220 bits per heavy atom. The molecule has 0 spiro atoms. The van der Waals surface area contributed by atoms with Gasteiger partial charge < -0.3 is 19.6 Å². The fourth-order valence-electron chi connectivity index (χ4n) is 13.6. The first kappa shape index (κ1) is 61.6. The lowest BCUT2D eigenvalue weighted by Crippen LogP contribution is -2.10. The molecular weight excluding hydrogens is 1210 g/mol. The summed E-state index contributed by atoms with van der Waals surface area (Å²) in [6.07, 6.45) is 0. The lowest BCUT2D eigenvalue weighted by molar-refractivity contribution is 1.28. The minimum absolute atomic E-state index is 1.07. The second kappa shape index (κ2) is 28.6. The number of rotatable bonds is 19. The van der Waals surface area contributed by atoms with Gasteiger partial charge in [-0.3, -0.25) is 0 Å². The molecule has 0 saturated carbocycles. The summed E-state index contributed by atoms with van der Waals surface area (Å²) >= 11 is 0. The van der Waals surface area contributed by atoms with Crippen LogP contribution < -0.4 is 19.6 Å². The predicted molar refractivity (Wildman–Crippen MR) is 423 cm³/mol. The Bertz CT molecular complexity index is 4840. The summed E-state index contributed by atoms with van der Waals surface area (Å²) in [6.45, 7) is 0. The van der Waals surface area contributed by atoms with Crippen molar-refractivity contribution < 1.29 is 0 Å². The van der Waals surface area contributed by atoms with Gasteiger partial charge in [0.1, 0.15) is 0 Å². The number of nitrogens with zero attached hydrogens (tertiary/aromatic N) is 4. The maximum atomic E-state index is 2.36. The molecule has 0 heterocycles. The normalized spacial score (nSPS) is 11.0. The Labute approximate surface area is 586 Å². The zero-order valence-electron chi connectivity index (χ0n) is 55.2. The number of hydrogen-bond donors (Lipinski definition) is 0. The third-order valence-electron chi connectivity index (χ3n) is 18.6. The first-order chi connectivity index (χ1) is 49.6. The molecule has 16 rings (SSSR count). The molecule has 0 bridgehead atoms. The predicted octanol–water partition coefficient (Wildman–Crippen LogP) is 27.2. The van der Waals surface area contributed by atoms with Crippen LogP contribution in [0.25, 0.3) is 77.9 Å². The molecular formula is C96H70N4. The van der Waals surface area contributed by atoms with E-state index in [0.29, 0.717) is 0 Å². The van der Waals surface area contributed by atoms with Gasteiger partial charge in [-0.2, -0.15) is 0 Å². The van der Waals surface area contributed by atoms with Gasteiger partial charge in [0, 0.05) is 68.2 Å². The zero-order valence-corrected chi connectivity index (χ0v) is 55.2. The van der Waals surface area contributed by atoms with Crippen molar-refractivity contribution in [3.63, 3.8) is 0 Å². The first-order valence-electron chi connectivity index (χ1n) is 34.1. The molecule has 0 radical (unpaired) electrons. The number of benzene rings is 16. The van der Waals surface area contributed by atoms with E-state index in [1.807, 2.05) is 0 Å². The lowest BCUT2D eigenvalue weighted by Gasteiger charge is -2.27. The van der Waals surface area contributed by atoms with Crippen LogP contribution in [-0.4, -0.2) is 0 Å². The van der Waals surface area contributed by atoms with E-state index in [4.69, 9.17) is 0 Å². The summed E-state index contributed by atoms with van der Waals surface area (Å²) in [5.74, 6) is 0. The molecule has 0 unspecified atom stereocenters. The molecule has 0 amide bonds. The van der Waals surface area contributed by atoms with Gasteiger partial charge >= 0.3 is 0 Å². The van der Waals surface area contributed by atoms with E-state index in [-0.39, 0.29) is 0 Å². The Morgan fingerprint density at radius 3 is 0.410 bits per heavy atom. The molecule has 4 nitrogen and oxygen atoms in total. The van der Waals surface area contributed by atoms with Crippen LogP contribution in [0.3, 0.4) is 0 Å². The summed E-state index contributed by atoms with van der Waals surface area (Å²) in [5.41, 5.74) is 29.2. The van der Waals surface area contributed by atoms with E-state index < -0.39 is 0 Å². The van der Waals surface area contributed by atoms with E-state index in [1.54, 1.807) is 0 Å². The van der Waals surface area contributed by atoms with Gasteiger partial charge in [0.15, 0.2) is 0 Å². The second-order valence-electron chi connectivity index (χ2n) is 25.0. The van der Waals surface area contributed by atoms with Crippen LogP contribution in [0.15, 0.2) is 425 Å². The molecule has 4 heteroatoms. The van der Waals surface area contributed by atoms with Gasteiger partial charge in [0.25, 0.3) is 0 Å². The molecule has 0 aromatic heterocycles. The second-order valence-corrected chi connectivity index (χ2v) is 25.0. The SMILES string of the molecule is c1ccc(-c2cccc(N(c3ccc(-c4ccc(N(c5ccccc5)c5ccc(-c6ccc(N(c7ccccc7)c7ccc(-c8ccc(N(c9cccc(-c%10ccccc%10)c9)c9cccc(-c%10ccccc%10)c9)cc8)cc7)cc6)cc5)cc4)cc3)c3cccc(-c4ccccc4)c3)c2)cc1. The minimum Gasteiger partial charge on any atom is -0.311 e. The molecule has 0 aliphatic rings. The molecule has 474 valence electrons. The maximum absolute atomic E-state index is 2.36. The summed E-state index contributed by atoms with van der Waals surface area (Å²) < 4.78 is 0. The maximum Gasteiger partial charge on any atom is 0.0467 e. The van der Waals surface area contributed by atoms with Crippen molar-refractivity contribution in [3.05, 3.63) is 425 Å². The van der Waals surface area contributed by atoms with E-state index in [0.717, 1.165) is 102 Å². The fraction of sp³-hybridized carbons (Fsp3) is 0. The molecule has 0 aliphatic heterocycles. The van der Waals surface area contributed by atoms with E-state index in [9.17, 15) is 0 Å². The average Bonchev–Trinajstić information content (AvgIpc) is 0.812. The molecule has 16 aromatic carbocycles. The number of hydrogen-bond acceptors (Lipinski definition) is 4. The van der Waals surface area contributed by atoms with Crippen LogP contribution in [0, 0.1) is 0 Å². The van der Waals surface area contributed by atoms with Gasteiger partial charge in [0.2, 0.25) is 0 Å². The summed E-state index contributed by atoms with van der Waals surface area (Å²) in [7, 11) is 0. The molecule has 0 atom stereocenters. The Balaban J connectivity index is 0.641. The molecule has 100 heavy (non-hydrogen) atoms. The van der Waals surface area contributed by atoms with Crippen molar-refractivity contribution >= 4 is 68.2 Å². The van der Waals surface area contributed by atoms with Crippen molar-refractivity contribution in [3.8, 4) is 77.9 Å². The van der Waals surface area contributed by atoms with Crippen LogP contribution in [0.5, 0.6) is 0 Å².